The minimum absolute atomic E-state index is 0.0124. The Morgan fingerprint density at radius 3 is 2.95 bits per heavy atom. The zero-order chi connectivity index (χ0) is 14.3. The number of hydrogen-bond acceptors (Lipinski definition) is 5. The predicted molar refractivity (Wildman–Crippen MR) is 80.9 cm³/mol. The van der Waals surface area contributed by atoms with E-state index in [1.807, 2.05) is 19.9 Å². The number of aliphatic imine (C=N–C) groups is 1. The lowest BCUT2D eigenvalue weighted by Crippen LogP contribution is -2.14. The van der Waals surface area contributed by atoms with Gasteiger partial charge in [-0.25, -0.2) is 0 Å². The summed E-state index contributed by atoms with van der Waals surface area (Å²) < 4.78 is 1.39. The van der Waals surface area contributed by atoms with Gasteiger partial charge in [-0.05, 0) is 26.0 Å². The van der Waals surface area contributed by atoms with Gasteiger partial charge in [0.25, 0.3) is 0 Å². The molecule has 2 aromatic heterocycles. The molecule has 0 atom stereocenters. The number of aromatic hydroxyl groups is 1. The minimum atomic E-state index is -0.158. The molecule has 0 bridgehead atoms. The zero-order valence-electron chi connectivity index (χ0n) is 11.1. The molecule has 0 saturated carbocycles. The van der Waals surface area contributed by atoms with Crippen LogP contribution in [0.25, 0.3) is 11.6 Å². The number of aromatic nitrogens is 2. The predicted octanol–water partition coefficient (Wildman–Crippen LogP) is 2.85. The maximum Gasteiger partial charge on any atom is 0.310 e. The zero-order valence-corrected chi connectivity index (χ0v) is 11.9. The number of nitrogens with zero attached hydrogens (tertiary/aromatic N) is 3. The van der Waals surface area contributed by atoms with Crippen molar-refractivity contribution in [2.45, 2.75) is 19.9 Å². The maximum absolute atomic E-state index is 11.9. The van der Waals surface area contributed by atoms with Crippen LogP contribution in [-0.2, 0) is 0 Å². The van der Waals surface area contributed by atoms with Crippen LogP contribution in [0.3, 0.4) is 0 Å². The molecule has 2 aromatic rings. The second-order valence-corrected chi connectivity index (χ2v) is 5.76. The molecule has 1 aliphatic rings. The number of rotatable bonds is 2. The number of pyridine rings is 1. The van der Waals surface area contributed by atoms with E-state index in [0.29, 0.717) is 4.88 Å². The van der Waals surface area contributed by atoms with E-state index in [1.54, 1.807) is 24.7 Å². The molecular formula is C14H13N3O2S. The lowest BCUT2D eigenvalue weighted by atomic mass is 10.1. The van der Waals surface area contributed by atoms with Crippen molar-refractivity contribution in [3.63, 3.8) is 0 Å². The highest BCUT2D eigenvalue weighted by Crippen LogP contribution is 2.34. The average molecular weight is 287 g/mol. The van der Waals surface area contributed by atoms with E-state index in [0.717, 1.165) is 28.2 Å². The van der Waals surface area contributed by atoms with Gasteiger partial charge in [-0.1, -0.05) is 11.3 Å². The summed E-state index contributed by atoms with van der Waals surface area (Å²) in [7, 11) is 0. The second-order valence-electron chi connectivity index (χ2n) is 4.77. The van der Waals surface area contributed by atoms with Crippen molar-refractivity contribution in [1.29, 1.82) is 0 Å². The van der Waals surface area contributed by atoms with E-state index in [-0.39, 0.29) is 16.8 Å². The van der Waals surface area contributed by atoms with Crippen LogP contribution in [-0.4, -0.2) is 20.9 Å². The minimum Gasteiger partial charge on any atom is -0.493 e. The van der Waals surface area contributed by atoms with Crippen LogP contribution in [0.2, 0.25) is 0 Å². The third-order valence-corrected chi connectivity index (χ3v) is 3.99. The van der Waals surface area contributed by atoms with Crippen LogP contribution >= 0.6 is 11.3 Å². The van der Waals surface area contributed by atoms with Gasteiger partial charge in [0, 0.05) is 29.6 Å². The van der Waals surface area contributed by atoms with Crippen LogP contribution in [0.15, 0.2) is 28.2 Å². The van der Waals surface area contributed by atoms with E-state index >= 15 is 0 Å². The van der Waals surface area contributed by atoms with Crippen molar-refractivity contribution in [2.75, 3.05) is 0 Å². The first-order valence-electron chi connectivity index (χ1n) is 6.22. The fraction of sp³-hybridized carbons (Fsp3) is 0.214. The van der Waals surface area contributed by atoms with Crippen LogP contribution in [0.1, 0.15) is 30.3 Å². The van der Waals surface area contributed by atoms with Gasteiger partial charge >= 0.3 is 4.87 Å². The average Bonchev–Trinajstić information content (AvgIpc) is 2.93. The van der Waals surface area contributed by atoms with Crippen molar-refractivity contribution in [3.05, 3.63) is 38.6 Å². The Balaban J connectivity index is 2.10. The van der Waals surface area contributed by atoms with E-state index in [4.69, 9.17) is 0 Å². The number of thiazole rings is 1. The van der Waals surface area contributed by atoms with Gasteiger partial charge in [-0.3, -0.25) is 19.3 Å². The molecule has 0 amide bonds. The molecule has 0 aromatic carbocycles. The molecule has 1 N–H and O–H groups in total. The lowest BCUT2D eigenvalue weighted by Gasteiger charge is -2.06. The summed E-state index contributed by atoms with van der Waals surface area (Å²) >= 11 is 1.03. The summed E-state index contributed by atoms with van der Waals surface area (Å²) in [5.41, 5.74) is 2.63. The van der Waals surface area contributed by atoms with Crippen molar-refractivity contribution >= 4 is 34.9 Å². The lowest BCUT2D eigenvalue weighted by molar-refractivity contribution is 0.395. The van der Waals surface area contributed by atoms with E-state index in [2.05, 4.69) is 9.98 Å². The molecular weight excluding hydrogens is 274 g/mol. The van der Waals surface area contributed by atoms with Crippen LogP contribution in [0, 0.1) is 0 Å². The molecule has 5 nitrogen and oxygen atoms in total. The molecule has 0 unspecified atom stereocenters. The molecule has 1 aliphatic heterocycles. The maximum atomic E-state index is 11.9. The van der Waals surface area contributed by atoms with Gasteiger partial charge in [-0.2, -0.15) is 0 Å². The molecule has 3 heterocycles. The second kappa shape index (κ2) is 4.72. The van der Waals surface area contributed by atoms with Gasteiger partial charge in [0.05, 0.1) is 16.8 Å². The fourth-order valence-electron chi connectivity index (χ4n) is 2.14. The van der Waals surface area contributed by atoms with Crippen molar-refractivity contribution in [3.8, 4) is 5.88 Å². The highest BCUT2D eigenvalue weighted by molar-refractivity contribution is 7.10. The van der Waals surface area contributed by atoms with Gasteiger partial charge < -0.3 is 5.11 Å². The quantitative estimate of drug-likeness (QED) is 0.923. The third-order valence-electron chi connectivity index (χ3n) is 3.10. The summed E-state index contributed by atoms with van der Waals surface area (Å²) in [5.74, 6) is 0.0124. The standard InChI is InChI=1S/C14H13N3O2S/c1-8(2)17-13(18)12(20-14(17)19)5-9-6-16-11-7-15-4-3-10(9)11/h3-8,18H,1-2H3/b9-5+. The molecule has 20 heavy (non-hydrogen) atoms. The highest BCUT2D eigenvalue weighted by Gasteiger charge is 2.17. The first-order chi connectivity index (χ1) is 9.58. The molecule has 0 aliphatic carbocycles. The van der Waals surface area contributed by atoms with E-state index in [1.165, 1.54) is 4.57 Å². The fourth-order valence-corrected chi connectivity index (χ4v) is 3.10. The van der Waals surface area contributed by atoms with Crippen molar-refractivity contribution < 1.29 is 5.11 Å². The third kappa shape index (κ3) is 1.98. The van der Waals surface area contributed by atoms with Crippen molar-refractivity contribution in [1.82, 2.24) is 9.55 Å². The molecule has 0 fully saturated rings. The number of fused-ring (bicyclic) bond motifs is 1. The monoisotopic (exact) mass is 287 g/mol. The van der Waals surface area contributed by atoms with E-state index in [9.17, 15) is 9.90 Å². The smallest absolute Gasteiger partial charge is 0.310 e. The Kier molecular flexibility index (Phi) is 3.02. The molecule has 0 saturated heterocycles. The first-order valence-corrected chi connectivity index (χ1v) is 7.04. The summed E-state index contributed by atoms with van der Waals surface area (Å²) in [5, 5.41) is 10.2. The van der Waals surface area contributed by atoms with E-state index < -0.39 is 0 Å². The summed E-state index contributed by atoms with van der Waals surface area (Å²) in [6, 6.07) is 1.80. The van der Waals surface area contributed by atoms with Crippen molar-refractivity contribution in [2.24, 2.45) is 4.99 Å². The molecule has 0 spiro atoms. The SMILES string of the molecule is CC(C)n1c(O)c(/C=C2\C=Nc3cnccc32)sc1=O. The van der Waals surface area contributed by atoms with Gasteiger partial charge in [0.2, 0.25) is 5.88 Å². The summed E-state index contributed by atoms with van der Waals surface area (Å²) in [4.78, 5) is 20.5. The Labute approximate surface area is 119 Å². The number of allylic oxidation sites excluding steroid dienone is 1. The van der Waals surface area contributed by atoms with Gasteiger partial charge in [0.15, 0.2) is 0 Å². The topological polar surface area (TPSA) is 67.5 Å². The molecule has 3 rings (SSSR count). The molecule has 6 heteroatoms. The Morgan fingerprint density at radius 2 is 2.25 bits per heavy atom. The molecule has 0 radical (unpaired) electrons. The van der Waals surface area contributed by atoms with Gasteiger partial charge in [0.1, 0.15) is 0 Å². The summed E-state index contributed by atoms with van der Waals surface area (Å²) in [6.07, 6.45) is 6.89. The largest absolute Gasteiger partial charge is 0.493 e. The van der Waals surface area contributed by atoms with Crippen LogP contribution in [0.4, 0.5) is 5.69 Å². The van der Waals surface area contributed by atoms with Crippen LogP contribution < -0.4 is 4.87 Å². The highest BCUT2D eigenvalue weighted by atomic mass is 32.1. The van der Waals surface area contributed by atoms with Gasteiger partial charge in [-0.15, -0.1) is 0 Å². The Morgan fingerprint density at radius 1 is 1.45 bits per heavy atom. The number of hydrogen-bond donors (Lipinski definition) is 1. The van der Waals surface area contributed by atoms with Crippen LogP contribution in [0.5, 0.6) is 5.88 Å². The summed E-state index contributed by atoms with van der Waals surface area (Å²) in [6.45, 7) is 3.73. The molecule has 102 valence electrons. The first kappa shape index (κ1) is 12.8. The Hall–Kier alpha value is -2.21. The normalized spacial score (nSPS) is 15.2. The Bertz CT molecular complexity index is 784.